The highest BCUT2D eigenvalue weighted by atomic mass is 32.1. The van der Waals surface area contributed by atoms with Crippen LogP contribution in [0, 0.1) is 17.0 Å². The van der Waals surface area contributed by atoms with Gasteiger partial charge in [-0.05, 0) is 36.9 Å². The highest BCUT2D eigenvalue weighted by Gasteiger charge is 2.16. The smallest absolute Gasteiger partial charge is 0.292 e. The molecule has 0 bridgehead atoms. The number of nitrogens with one attached hydrogen (secondary N) is 1. The normalized spacial score (nSPS) is 12.1. The number of hydrogen-bond donors (Lipinski definition) is 1. The third-order valence-corrected chi connectivity index (χ3v) is 3.75. The fourth-order valence-electron chi connectivity index (χ4n) is 1.77. The maximum absolute atomic E-state index is 11.0. The maximum atomic E-state index is 11.0. The maximum Gasteiger partial charge on any atom is 0.292 e. The van der Waals surface area contributed by atoms with Gasteiger partial charge in [0.2, 0.25) is 0 Å². The largest absolute Gasteiger partial charge is 0.372 e. The summed E-state index contributed by atoms with van der Waals surface area (Å²) in [5.41, 5.74) is 1.69. The van der Waals surface area contributed by atoms with E-state index in [4.69, 9.17) is 0 Å². The summed E-state index contributed by atoms with van der Waals surface area (Å²) in [7, 11) is 0. The molecule has 1 unspecified atom stereocenters. The molecule has 0 saturated carbocycles. The van der Waals surface area contributed by atoms with Gasteiger partial charge in [-0.3, -0.25) is 10.1 Å². The molecular weight excluding hydrogens is 248 g/mol. The number of nitrogens with zero attached hydrogens (tertiary/aromatic N) is 1. The molecule has 1 aromatic heterocycles. The van der Waals surface area contributed by atoms with Crippen LogP contribution in [0.15, 0.2) is 35.7 Å². The van der Waals surface area contributed by atoms with Crippen molar-refractivity contribution in [3.8, 4) is 0 Å². The lowest BCUT2D eigenvalue weighted by molar-refractivity contribution is -0.384. The van der Waals surface area contributed by atoms with E-state index in [2.05, 4.69) is 5.32 Å². The second-order valence-electron chi connectivity index (χ2n) is 4.16. The highest BCUT2D eigenvalue weighted by Crippen LogP contribution is 2.30. The molecule has 0 aliphatic rings. The Morgan fingerprint density at radius 1 is 1.39 bits per heavy atom. The van der Waals surface area contributed by atoms with Crippen LogP contribution < -0.4 is 5.32 Å². The van der Waals surface area contributed by atoms with Gasteiger partial charge >= 0.3 is 0 Å². The molecule has 0 aliphatic heterocycles. The molecule has 2 rings (SSSR count). The van der Waals surface area contributed by atoms with Gasteiger partial charge in [0.25, 0.3) is 5.69 Å². The molecule has 5 heteroatoms. The van der Waals surface area contributed by atoms with Crippen molar-refractivity contribution >= 4 is 22.7 Å². The molecule has 94 valence electrons. The van der Waals surface area contributed by atoms with E-state index in [1.165, 1.54) is 0 Å². The van der Waals surface area contributed by atoms with Crippen LogP contribution in [0.1, 0.15) is 23.4 Å². The van der Waals surface area contributed by atoms with Crippen molar-refractivity contribution in [2.75, 3.05) is 5.32 Å². The van der Waals surface area contributed by atoms with Crippen molar-refractivity contribution in [2.45, 2.75) is 19.9 Å². The Hall–Kier alpha value is -1.88. The second kappa shape index (κ2) is 5.18. The van der Waals surface area contributed by atoms with E-state index < -0.39 is 0 Å². The van der Waals surface area contributed by atoms with E-state index in [0.29, 0.717) is 5.69 Å². The Bertz CT molecular complexity index is 552. The van der Waals surface area contributed by atoms with E-state index >= 15 is 0 Å². The third-order valence-electron chi connectivity index (χ3n) is 2.69. The summed E-state index contributed by atoms with van der Waals surface area (Å²) in [5.74, 6) is 0. The number of nitro groups is 1. The predicted octanol–water partition coefficient (Wildman–Crippen LogP) is 4.14. The number of benzene rings is 1. The average Bonchev–Trinajstić information content (AvgIpc) is 2.81. The summed E-state index contributed by atoms with van der Waals surface area (Å²) in [6, 6.07) is 9.15. The quantitative estimate of drug-likeness (QED) is 0.665. The number of hydrogen-bond acceptors (Lipinski definition) is 4. The van der Waals surface area contributed by atoms with E-state index in [0.717, 1.165) is 10.4 Å². The number of rotatable bonds is 4. The Labute approximate surface area is 109 Å². The summed E-state index contributed by atoms with van der Waals surface area (Å²) in [6.45, 7) is 3.92. The van der Waals surface area contributed by atoms with E-state index in [9.17, 15) is 10.1 Å². The Kier molecular flexibility index (Phi) is 3.62. The molecule has 1 N–H and O–H groups in total. The topological polar surface area (TPSA) is 55.2 Å². The van der Waals surface area contributed by atoms with Gasteiger partial charge in [0.05, 0.1) is 11.0 Å². The minimum Gasteiger partial charge on any atom is -0.372 e. The van der Waals surface area contributed by atoms with Gasteiger partial charge in [0, 0.05) is 10.9 Å². The first-order chi connectivity index (χ1) is 8.58. The van der Waals surface area contributed by atoms with Crippen molar-refractivity contribution in [1.29, 1.82) is 0 Å². The van der Waals surface area contributed by atoms with Crippen LogP contribution in [0.25, 0.3) is 0 Å². The van der Waals surface area contributed by atoms with Crippen LogP contribution in [0.4, 0.5) is 11.4 Å². The lowest BCUT2D eigenvalue weighted by Crippen LogP contribution is -2.07. The fourth-order valence-corrected chi connectivity index (χ4v) is 2.50. The molecule has 0 fully saturated rings. The number of aryl methyl sites for hydroxylation is 1. The van der Waals surface area contributed by atoms with Crippen molar-refractivity contribution in [2.24, 2.45) is 0 Å². The lowest BCUT2D eigenvalue weighted by atomic mass is 10.1. The average molecular weight is 262 g/mol. The van der Waals surface area contributed by atoms with Gasteiger partial charge in [0.1, 0.15) is 5.69 Å². The fraction of sp³-hybridized carbons (Fsp3) is 0.231. The van der Waals surface area contributed by atoms with Crippen molar-refractivity contribution in [3.05, 3.63) is 56.3 Å². The standard InChI is InChI=1S/C13H14N2O2S/c1-9-5-6-12(15(16)17)11(8-9)14-10(2)13-4-3-7-18-13/h3-8,10,14H,1-2H3. The summed E-state index contributed by atoms with van der Waals surface area (Å²) < 4.78 is 0. The van der Waals surface area contributed by atoms with Gasteiger partial charge in [-0.25, -0.2) is 0 Å². The molecule has 1 heterocycles. The molecule has 0 radical (unpaired) electrons. The molecule has 2 aromatic rings. The van der Waals surface area contributed by atoms with Gasteiger partial charge in [-0.2, -0.15) is 0 Å². The molecule has 0 spiro atoms. The van der Waals surface area contributed by atoms with Crippen molar-refractivity contribution in [3.63, 3.8) is 0 Å². The molecule has 0 saturated heterocycles. The zero-order chi connectivity index (χ0) is 13.1. The van der Waals surface area contributed by atoms with E-state index in [1.54, 1.807) is 23.5 Å². The predicted molar refractivity (Wildman–Crippen MR) is 74.2 cm³/mol. The Morgan fingerprint density at radius 2 is 2.17 bits per heavy atom. The van der Waals surface area contributed by atoms with E-state index in [1.807, 2.05) is 37.4 Å². The molecular formula is C13H14N2O2S. The summed E-state index contributed by atoms with van der Waals surface area (Å²) in [4.78, 5) is 11.8. The first kappa shape index (κ1) is 12.6. The van der Waals surface area contributed by atoms with Crippen LogP contribution in [0.3, 0.4) is 0 Å². The molecule has 0 amide bonds. The molecule has 1 atom stereocenters. The van der Waals surface area contributed by atoms with Crippen molar-refractivity contribution in [1.82, 2.24) is 0 Å². The van der Waals surface area contributed by atoms with Gasteiger partial charge in [-0.1, -0.05) is 12.1 Å². The van der Waals surface area contributed by atoms with Crippen LogP contribution in [-0.2, 0) is 0 Å². The van der Waals surface area contributed by atoms with Gasteiger partial charge in [-0.15, -0.1) is 11.3 Å². The number of nitro benzene ring substituents is 1. The summed E-state index contributed by atoms with van der Waals surface area (Å²) in [6.07, 6.45) is 0. The third kappa shape index (κ3) is 2.68. The highest BCUT2D eigenvalue weighted by molar-refractivity contribution is 7.10. The first-order valence-corrected chi connectivity index (χ1v) is 6.51. The summed E-state index contributed by atoms with van der Waals surface area (Å²) >= 11 is 1.64. The molecule has 18 heavy (non-hydrogen) atoms. The Balaban J connectivity index is 2.28. The molecule has 0 aliphatic carbocycles. The van der Waals surface area contributed by atoms with Gasteiger partial charge in [0.15, 0.2) is 0 Å². The lowest BCUT2D eigenvalue weighted by Gasteiger charge is -2.14. The minimum absolute atomic E-state index is 0.0606. The van der Waals surface area contributed by atoms with Crippen molar-refractivity contribution < 1.29 is 4.92 Å². The van der Waals surface area contributed by atoms with Crippen LogP contribution in [0.2, 0.25) is 0 Å². The molecule has 1 aromatic carbocycles. The first-order valence-electron chi connectivity index (χ1n) is 5.63. The number of thiophene rings is 1. The van der Waals surface area contributed by atoms with Crippen LogP contribution in [-0.4, -0.2) is 4.92 Å². The SMILES string of the molecule is Cc1ccc([N+](=O)[O-])c(NC(C)c2cccs2)c1. The molecule has 4 nitrogen and oxygen atoms in total. The monoisotopic (exact) mass is 262 g/mol. The number of anilines is 1. The van der Waals surface area contributed by atoms with Crippen LogP contribution >= 0.6 is 11.3 Å². The Morgan fingerprint density at radius 3 is 2.78 bits per heavy atom. The van der Waals surface area contributed by atoms with Crippen LogP contribution in [0.5, 0.6) is 0 Å². The second-order valence-corrected chi connectivity index (χ2v) is 5.14. The van der Waals surface area contributed by atoms with E-state index in [-0.39, 0.29) is 16.7 Å². The summed E-state index contributed by atoms with van der Waals surface area (Å²) in [5, 5.41) is 16.2. The van der Waals surface area contributed by atoms with Gasteiger partial charge < -0.3 is 5.32 Å². The zero-order valence-corrected chi connectivity index (χ0v) is 11.0. The minimum atomic E-state index is -0.358. The zero-order valence-electron chi connectivity index (χ0n) is 10.2.